The normalized spacial score (nSPS) is 17.4. The first-order valence-corrected chi connectivity index (χ1v) is 6.63. The Morgan fingerprint density at radius 3 is 2.88 bits per heavy atom. The lowest BCUT2D eigenvalue weighted by Gasteiger charge is -2.23. The molecular formula is C13H18BrNO. The number of hydrogen-bond acceptors (Lipinski definition) is 2. The van der Waals surface area contributed by atoms with Crippen LogP contribution in [0.5, 0.6) is 0 Å². The fourth-order valence-corrected chi connectivity index (χ4v) is 2.39. The quantitative estimate of drug-likeness (QED) is 0.915. The van der Waals surface area contributed by atoms with Crippen molar-refractivity contribution < 1.29 is 4.74 Å². The van der Waals surface area contributed by atoms with Crippen LogP contribution in [0.1, 0.15) is 18.4 Å². The third-order valence-electron chi connectivity index (χ3n) is 3.11. The molecule has 1 aliphatic rings. The molecule has 1 N–H and O–H groups in total. The van der Waals surface area contributed by atoms with E-state index in [2.05, 4.69) is 46.4 Å². The van der Waals surface area contributed by atoms with E-state index < -0.39 is 0 Å². The highest BCUT2D eigenvalue weighted by molar-refractivity contribution is 9.10. The van der Waals surface area contributed by atoms with E-state index in [1.54, 1.807) is 0 Å². The lowest BCUT2D eigenvalue weighted by molar-refractivity contribution is 0.0699. The van der Waals surface area contributed by atoms with E-state index in [4.69, 9.17) is 4.74 Å². The molecule has 0 radical (unpaired) electrons. The topological polar surface area (TPSA) is 21.3 Å². The summed E-state index contributed by atoms with van der Waals surface area (Å²) in [5.74, 6) is 0.751. The average Bonchev–Trinajstić information content (AvgIpc) is 2.32. The second-order valence-corrected chi connectivity index (χ2v) is 5.17. The summed E-state index contributed by atoms with van der Waals surface area (Å²) in [7, 11) is 0. The lowest BCUT2D eigenvalue weighted by atomic mass is 10.0. The zero-order chi connectivity index (χ0) is 11.4. The Morgan fingerprint density at radius 2 is 2.12 bits per heavy atom. The summed E-state index contributed by atoms with van der Waals surface area (Å²) in [5, 5.41) is 3.52. The van der Waals surface area contributed by atoms with E-state index >= 15 is 0 Å². The third-order valence-corrected chi connectivity index (χ3v) is 4.17. The smallest absolute Gasteiger partial charge is 0.0487 e. The maximum atomic E-state index is 5.36. The van der Waals surface area contributed by atoms with Gasteiger partial charge in [-0.15, -0.1) is 0 Å². The van der Waals surface area contributed by atoms with Crippen molar-refractivity contribution in [1.82, 2.24) is 0 Å². The first-order valence-electron chi connectivity index (χ1n) is 5.84. The summed E-state index contributed by atoms with van der Waals surface area (Å²) in [6.07, 6.45) is 2.35. The van der Waals surface area contributed by atoms with Gasteiger partial charge in [0.2, 0.25) is 0 Å². The number of ether oxygens (including phenoxy) is 1. The molecular weight excluding hydrogens is 266 g/mol. The molecule has 1 aliphatic heterocycles. The lowest BCUT2D eigenvalue weighted by Crippen LogP contribution is -2.22. The van der Waals surface area contributed by atoms with E-state index in [1.807, 2.05) is 0 Å². The van der Waals surface area contributed by atoms with Crippen LogP contribution in [0.15, 0.2) is 22.7 Å². The van der Waals surface area contributed by atoms with Gasteiger partial charge in [0.25, 0.3) is 0 Å². The third kappa shape index (κ3) is 2.98. The highest BCUT2D eigenvalue weighted by Gasteiger charge is 2.13. The molecule has 3 heteroatoms. The molecule has 0 saturated carbocycles. The molecule has 1 aromatic rings. The van der Waals surface area contributed by atoms with Crippen molar-refractivity contribution in [2.24, 2.45) is 5.92 Å². The number of aryl methyl sites for hydroxylation is 1. The number of nitrogens with one attached hydrogen (secondary N) is 1. The van der Waals surface area contributed by atoms with Gasteiger partial charge < -0.3 is 10.1 Å². The first kappa shape index (κ1) is 11.9. The maximum Gasteiger partial charge on any atom is 0.0487 e. The Bertz CT molecular complexity index is 348. The Kier molecular flexibility index (Phi) is 4.24. The molecule has 1 aromatic carbocycles. The van der Waals surface area contributed by atoms with E-state index in [0.717, 1.165) is 25.7 Å². The summed E-state index contributed by atoms with van der Waals surface area (Å²) in [4.78, 5) is 0. The Hall–Kier alpha value is -0.540. The highest BCUT2D eigenvalue weighted by atomic mass is 79.9. The minimum Gasteiger partial charge on any atom is -0.384 e. The van der Waals surface area contributed by atoms with Crippen LogP contribution in [0.2, 0.25) is 0 Å². The van der Waals surface area contributed by atoms with Crippen molar-refractivity contribution in [2.45, 2.75) is 19.8 Å². The van der Waals surface area contributed by atoms with Gasteiger partial charge in [0.05, 0.1) is 0 Å². The first-order chi connectivity index (χ1) is 7.77. The van der Waals surface area contributed by atoms with Crippen molar-refractivity contribution in [3.63, 3.8) is 0 Å². The molecule has 16 heavy (non-hydrogen) atoms. The van der Waals surface area contributed by atoms with Crippen LogP contribution in [0.25, 0.3) is 0 Å². The summed E-state index contributed by atoms with van der Waals surface area (Å²) >= 11 is 3.62. The summed E-state index contributed by atoms with van der Waals surface area (Å²) in [6.45, 7) is 5.00. The number of halogens is 1. The zero-order valence-electron chi connectivity index (χ0n) is 9.63. The van der Waals surface area contributed by atoms with E-state index in [0.29, 0.717) is 0 Å². The SMILES string of the molecule is Cc1cccc(NCC2CCOCC2)c1Br. The van der Waals surface area contributed by atoms with E-state index in [-0.39, 0.29) is 0 Å². The minimum atomic E-state index is 0.751. The fraction of sp³-hybridized carbons (Fsp3) is 0.538. The van der Waals surface area contributed by atoms with Gasteiger partial charge in [-0.05, 0) is 53.2 Å². The number of rotatable bonds is 3. The van der Waals surface area contributed by atoms with Crippen LogP contribution >= 0.6 is 15.9 Å². The molecule has 0 atom stereocenters. The molecule has 0 bridgehead atoms. The number of hydrogen-bond donors (Lipinski definition) is 1. The van der Waals surface area contributed by atoms with Gasteiger partial charge in [0.1, 0.15) is 0 Å². The Morgan fingerprint density at radius 1 is 1.38 bits per heavy atom. The fourth-order valence-electron chi connectivity index (χ4n) is 1.99. The molecule has 1 saturated heterocycles. The van der Waals surface area contributed by atoms with Crippen LogP contribution in [0.4, 0.5) is 5.69 Å². The van der Waals surface area contributed by atoms with Gasteiger partial charge in [0, 0.05) is 29.9 Å². The summed E-state index contributed by atoms with van der Waals surface area (Å²) in [6, 6.07) is 6.33. The Labute approximate surface area is 106 Å². The van der Waals surface area contributed by atoms with Crippen LogP contribution in [-0.4, -0.2) is 19.8 Å². The van der Waals surface area contributed by atoms with E-state index in [9.17, 15) is 0 Å². The van der Waals surface area contributed by atoms with Crippen LogP contribution in [0.3, 0.4) is 0 Å². The molecule has 0 unspecified atom stereocenters. The molecule has 0 aromatic heterocycles. The molecule has 88 valence electrons. The maximum absolute atomic E-state index is 5.36. The molecule has 0 aliphatic carbocycles. The minimum absolute atomic E-state index is 0.751. The highest BCUT2D eigenvalue weighted by Crippen LogP contribution is 2.26. The van der Waals surface area contributed by atoms with Crippen molar-refractivity contribution in [2.75, 3.05) is 25.1 Å². The zero-order valence-corrected chi connectivity index (χ0v) is 11.2. The number of benzene rings is 1. The van der Waals surface area contributed by atoms with Gasteiger partial charge in [-0.3, -0.25) is 0 Å². The van der Waals surface area contributed by atoms with Gasteiger partial charge >= 0.3 is 0 Å². The van der Waals surface area contributed by atoms with Crippen LogP contribution < -0.4 is 5.32 Å². The monoisotopic (exact) mass is 283 g/mol. The predicted octanol–water partition coefficient (Wildman–Crippen LogP) is 3.60. The molecule has 0 spiro atoms. The van der Waals surface area contributed by atoms with Crippen molar-refractivity contribution >= 4 is 21.6 Å². The predicted molar refractivity (Wildman–Crippen MR) is 70.9 cm³/mol. The molecule has 1 fully saturated rings. The Balaban J connectivity index is 1.91. The molecule has 0 amide bonds. The van der Waals surface area contributed by atoms with Gasteiger partial charge in [-0.2, -0.15) is 0 Å². The standard InChI is InChI=1S/C13H18BrNO/c1-10-3-2-4-12(13(10)14)15-9-11-5-7-16-8-6-11/h2-4,11,15H,5-9H2,1H3. The second kappa shape index (κ2) is 5.69. The number of anilines is 1. The van der Waals surface area contributed by atoms with Gasteiger partial charge in [-0.1, -0.05) is 12.1 Å². The largest absolute Gasteiger partial charge is 0.384 e. The second-order valence-electron chi connectivity index (χ2n) is 4.37. The van der Waals surface area contributed by atoms with Gasteiger partial charge in [0.15, 0.2) is 0 Å². The van der Waals surface area contributed by atoms with Gasteiger partial charge in [-0.25, -0.2) is 0 Å². The summed E-state index contributed by atoms with van der Waals surface area (Å²) in [5.41, 5.74) is 2.48. The summed E-state index contributed by atoms with van der Waals surface area (Å²) < 4.78 is 6.54. The molecule has 2 rings (SSSR count). The van der Waals surface area contributed by atoms with Crippen molar-refractivity contribution in [3.8, 4) is 0 Å². The van der Waals surface area contributed by atoms with Crippen LogP contribution in [-0.2, 0) is 4.74 Å². The average molecular weight is 284 g/mol. The molecule has 1 heterocycles. The van der Waals surface area contributed by atoms with E-state index in [1.165, 1.54) is 28.6 Å². The van der Waals surface area contributed by atoms with Crippen LogP contribution in [0, 0.1) is 12.8 Å². The molecule has 2 nitrogen and oxygen atoms in total. The van der Waals surface area contributed by atoms with Crippen molar-refractivity contribution in [3.05, 3.63) is 28.2 Å². The van der Waals surface area contributed by atoms with Crippen molar-refractivity contribution in [1.29, 1.82) is 0 Å².